The zero-order valence-corrected chi connectivity index (χ0v) is 19.8. The van der Waals surface area contributed by atoms with Crippen LogP contribution in [0.4, 0.5) is 0 Å². The van der Waals surface area contributed by atoms with E-state index < -0.39 is 0 Å². The van der Waals surface area contributed by atoms with Crippen LogP contribution >= 0.6 is 0 Å². The van der Waals surface area contributed by atoms with E-state index in [2.05, 4.69) is 82.0 Å². The summed E-state index contributed by atoms with van der Waals surface area (Å²) in [6, 6.07) is 8.01. The number of hydrogen-bond donors (Lipinski definition) is 0. The molecule has 1 aromatic carbocycles. The van der Waals surface area contributed by atoms with Gasteiger partial charge in [0.2, 0.25) is 0 Å². The number of benzene rings is 1. The first kappa shape index (κ1) is 36.9. The van der Waals surface area contributed by atoms with Crippen LogP contribution in [0.25, 0.3) is 0 Å². The van der Waals surface area contributed by atoms with Crippen molar-refractivity contribution < 1.29 is 53.4 Å². The second-order valence-electron chi connectivity index (χ2n) is 6.30. The third kappa shape index (κ3) is 11.3. The van der Waals surface area contributed by atoms with Crippen LogP contribution < -0.4 is 4.74 Å². The predicted octanol–water partition coefficient (Wildman–Crippen LogP) is 3.05. The van der Waals surface area contributed by atoms with Crippen molar-refractivity contribution in [2.75, 3.05) is 21.3 Å². The molecule has 9 nitrogen and oxygen atoms in total. The van der Waals surface area contributed by atoms with E-state index in [0.29, 0.717) is 0 Å². The molecule has 0 aliphatic carbocycles. The van der Waals surface area contributed by atoms with Gasteiger partial charge in [0.15, 0.2) is 0 Å². The van der Waals surface area contributed by atoms with Crippen molar-refractivity contribution in [3.05, 3.63) is 74.4 Å². The first-order chi connectivity index (χ1) is 15.3. The van der Waals surface area contributed by atoms with E-state index in [1.54, 1.807) is 14.2 Å². The Kier molecular flexibility index (Phi) is 25.2. The Morgan fingerprint density at radius 2 is 1.31 bits per heavy atom. The van der Waals surface area contributed by atoms with Crippen LogP contribution in [0.15, 0.2) is 35.6 Å². The van der Waals surface area contributed by atoms with E-state index in [1.165, 1.54) is 0 Å². The minimum absolute atomic E-state index is 0.0173. The Morgan fingerprint density at radius 3 is 1.62 bits per heavy atom. The van der Waals surface area contributed by atoms with Crippen molar-refractivity contribution in [3.8, 4) is 5.75 Å². The summed E-state index contributed by atoms with van der Waals surface area (Å²) >= 11 is 3.02. The molecular weight excluding hydrogens is 458 g/mol. The van der Waals surface area contributed by atoms with Gasteiger partial charge < -0.3 is 0 Å². The molecule has 2 rings (SSSR count). The number of hydrogen-bond acceptors (Lipinski definition) is 4. The monoisotopic (exact) mass is 481 g/mol. The Labute approximate surface area is 196 Å². The normalized spacial score (nSPS) is 13.6. The molecule has 0 saturated carbocycles. The zero-order chi connectivity index (χ0) is 26.5. The Bertz CT molecular complexity index is 764. The van der Waals surface area contributed by atoms with Crippen molar-refractivity contribution in [3.63, 3.8) is 0 Å². The van der Waals surface area contributed by atoms with E-state index in [0.717, 1.165) is 27.2 Å². The standard InChI is InChI=1S/C17H23NO3.5CO.Cr/c1-17(2,3)16-14(11-19-5)15(18(4)21-16)12-7-9-13(20-6)10-8-12;5*1-2;/h7-10,15H,1-6H3;;;;;;. The van der Waals surface area contributed by atoms with E-state index in [1.807, 2.05) is 24.2 Å². The first-order valence-electron chi connectivity index (χ1n) is 8.19. The van der Waals surface area contributed by atoms with Crippen molar-refractivity contribution in [2.45, 2.75) is 26.8 Å². The van der Waals surface area contributed by atoms with Crippen LogP contribution in [0.1, 0.15) is 32.4 Å². The number of rotatable bonds is 4. The summed E-state index contributed by atoms with van der Waals surface area (Å²) < 4.78 is 49.0. The Morgan fingerprint density at radius 1 is 0.906 bits per heavy atom. The first-order valence-corrected chi connectivity index (χ1v) is 8.83. The summed E-state index contributed by atoms with van der Waals surface area (Å²) in [5, 5.41) is 1.87. The number of ether oxygens (including phenoxy) is 2. The van der Waals surface area contributed by atoms with Gasteiger partial charge in [0.05, 0.1) is 0 Å². The van der Waals surface area contributed by atoms with E-state index in [4.69, 9.17) is 37.6 Å². The zero-order valence-electron chi connectivity index (χ0n) is 18.5. The fourth-order valence-corrected chi connectivity index (χ4v) is 2.89. The van der Waals surface area contributed by atoms with Crippen LogP contribution in [-0.4, -0.2) is 30.9 Å². The van der Waals surface area contributed by atoms with Crippen LogP contribution in [0.5, 0.6) is 5.75 Å². The van der Waals surface area contributed by atoms with Gasteiger partial charge in [0.1, 0.15) is 0 Å². The van der Waals surface area contributed by atoms with E-state index in [9.17, 15) is 0 Å². The van der Waals surface area contributed by atoms with Gasteiger partial charge in [-0.15, -0.1) is 0 Å². The molecule has 0 amide bonds. The van der Waals surface area contributed by atoms with Crippen LogP contribution in [-0.2, 0) is 48.7 Å². The van der Waals surface area contributed by atoms with Gasteiger partial charge in [0, 0.05) is 0 Å². The fourth-order valence-electron chi connectivity index (χ4n) is 2.57. The Balaban J connectivity index is -0.000000345. The van der Waals surface area contributed by atoms with Crippen molar-refractivity contribution in [2.24, 2.45) is 5.41 Å². The maximum atomic E-state index is 7.50. The average Bonchev–Trinajstić information content (AvgIpc) is 3.22. The topological polar surface area (TPSA) is 130 Å². The molecule has 0 N–H and O–H groups in total. The van der Waals surface area contributed by atoms with Gasteiger partial charge in [0.25, 0.3) is 0 Å². The van der Waals surface area contributed by atoms with Gasteiger partial charge in [-0.25, -0.2) is 0 Å². The number of nitrogens with zero attached hydrogens (tertiary/aromatic N) is 1. The molecule has 1 heterocycles. The van der Waals surface area contributed by atoms with E-state index in [-0.39, 0.29) is 11.5 Å². The molecule has 0 fully saturated rings. The molecule has 1 aliphatic rings. The van der Waals surface area contributed by atoms with Crippen molar-refractivity contribution >= 4 is 4.57 Å². The summed E-state index contributed by atoms with van der Waals surface area (Å²) in [5.74, 6) is 1.76. The quantitative estimate of drug-likeness (QED) is 0.483. The second kappa shape index (κ2) is 21.8. The fraction of sp³-hybridized carbons (Fsp3) is 0.364. The van der Waals surface area contributed by atoms with E-state index >= 15 is 0 Å². The number of hydroxylamine groups is 2. The molecule has 0 saturated heterocycles. The molecule has 0 spiro atoms. The molecule has 1 atom stereocenters. The number of methoxy groups -OCH3 is 2. The van der Waals surface area contributed by atoms with Crippen LogP contribution in [0, 0.1) is 38.7 Å². The average molecular weight is 481 g/mol. The molecule has 0 bridgehead atoms. The summed E-state index contributed by atoms with van der Waals surface area (Å²) in [6.45, 7) is 28.9. The molecular formula is C22H23CrNO8. The maximum absolute atomic E-state index is 7.50. The number of allylic oxidation sites excluding steroid dienone is 1. The molecule has 32 heavy (non-hydrogen) atoms. The van der Waals surface area contributed by atoms with Gasteiger partial charge in [-0.05, 0) is 0 Å². The van der Waals surface area contributed by atoms with Gasteiger partial charge in [-0.1, -0.05) is 0 Å². The summed E-state index contributed by atoms with van der Waals surface area (Å²) in [6.07, 6.45) is 0. The molecule has 170 valence electrons. The molecule has 0 radical (unpaired) electrons. The van der Waals surface area contributed by atoms with Gasteiger partial charge >= 0.3 is 197 Å². The molecule has 1 aliphatic heterocycles. The van der Waals surface area contributed by atoms with Gasteiger partial charge in [-0.2, -0.15) is 0 Å². The number of likely N-dealkylation sites (N-methyl/N-ethyl adjacent to an activating group) is 1. The van der Waals surface area contributed by atoms with Crippen LogP contribution in [0.3, 0.4) is 0 Å². The SMILES string of the molecule is CO[C](=[Cr])C1=C(C(C)(C)C)ON(C)C1c1ccc(OC)cc1.[C-]#[O+].[C-]#[O+].[C-]#[O+].[C-]#[O+].[C-]#[O+]. The Hall–Kier alpha value is -2.42. The van der Waals surface area contributed by atoms with Crippen molar-refractivity contribution in [1.29, 1.82) is 0 Å². The van der Waals surface area contributed by atoms with Crippen molar-refractivity contribution in [1.82, 2.24) is 5.06 Å². The second-order valence-corrected chi connectivity index (χ2v) is 6.88. The molecule has 10 heteroatoms. The molecule has 0 aromatic heterocycles. The molecule has 1 unspecified atom stereocenters. The summed E-state index contributed by atoms with van der Waals surface area (Å²) in [4.78, 5) is 6.05. The van der Waals surface area contributed by atoms with Crippen LogP contribution in [0.2, 0.25) is 0 Å². The summed E-state index contributed by atoms with van der Waals surface area (Å²) in [5.41, 5.74) is 2.06. The third-order valence-corrected chi connectivity index (χ3v) is 4.24. The molecule has 1 aromatic rings. The predicted molar refractivity (Wildman–Crippen MR) is 103 cm³/mol. The third-order valence-electron chi connectivity index (χ3n) is 3.63. The summed E-state index contributed by atoms with van der Waals surface area (Å²) in [7, 11) is 5.28. The minimum atomic E-state index is -0.113. The van der Waals surface area contributed by atoms with Gasteiger partial charge in [-0.3, -0.25) is 0 Å².